The fourth-order valence-electron chi connectivity index (χ4n) is 3.98. The van der Waals surface area contributed by atoms with E-state index < -0.39 is 0 Å². The largest absolute Gasteiger partial charge is 0.337 e. The molecule has 6 nitrogen and oxygen atoms in total. The number of nitrogens with zero attached hydrogens (tertiary/aromatic N) is 3. The van der Waals surface area contributed by atoms with Crippen LogP contribution in [0, 0.1) is 5.92 Å². The molecule has 0 radical (unpaired) electrons. The standard InChI is InChI=1S/C22H28N4O2/c1-2-3-5-10-20-24-19-11-12-25(21(27)16-13-23-14-16)15-18(19)22(28)26(20)17-8-6-4-7-9-17/h4,6-9,16,23H,2-3,5,10-15H2,1H3. The Hall–Kier alpha value is -2.47. The Labute approximate surface area is 165 Å². The summed E-state index contributed by atoms with van der Waals surface area (Å²) >= 11 is 0. The maximum atomic E-state index is 13.5. The second kappa shape index (κ2) is 8.27. The lowest BCUT2D eigenvalue weighted by atomic mass is 9.99. The Morgan fingerprint density at radius 2 is 2.00 bits per heavy atom. The van der Waals surface area contributed by atoms with Crippen LogP contribution in [0.25, 0.3) is 5.69 Å². The third kappa shape index (κ3) is 3.61. The van der Waals surface area contributed by atoms with Crippen LogP contribution in [0.4, 0.5) is 0 Å². The summed E-state index contributed by atoms with van der Waals surface area (Å²) in [6.07, 6.45) is 4.73. The molecule has 0 aliphatic carbocycles. The van der Waals surface area contributed by atoms with Gasteiger partial charge in [0.1, 0.15) is 5.82 Å². The molecule has 0 bridgehead atoms. The lowest BCUT2D eigenvalue weighted by Crippen LogP contribution is -2.53. The van der Waals surface area contributed by atoms with E-state index in [9.17, 15) is 9.59 Å². The number of fused-ring (bicyclic) bond motifs is 1. The van der Waals surface area contributed by atoms with E-state index in [2.05, 4.69) is 12.2 Å². The SMILES string of the molecule is CCCCCc1nc2c(c(=O)n1-c1ccccc1)CN(C(=O)C1CNC1)CC2. The number of aryl methyl sites for hydroxylation is 1. The van der Waals surface area contributed by atoms with Crippen LogP contribution < -0.4 is 10.9 Å². The number of aromatic nitrogens is 2. The molecule has 0 atom stereocenters. The summed E-state index contributed by atoms with van der Waals surface area (Å²) in [6.45, 7) is 4.68. The zero-order valence-corrected chi connectivity index (χ0v) is 16.5. The molecule has 1 aromatic carbocycles. The predicted octanol–water partition coefficient (Wildman–Crippen LogP) is 2.07. The van der Waals surface area contributed by atoms with Gasteiger partial charge in [-0.3, -0.25) is 14.2 Å². The normalized spacial score (nSPS) is 16.5. The van der Waals surface area contributed by atoms with Gasteiger partial charge in [0.15, 0.2) is 0 Å². The maximum absolute atomic E-state index is 13.5. The summed E-state index contributed by atoms with van der Waals surface area (Å²) in [5.41, 5.74) is 2.38. The van der Waals surface area contributed by atoms with Crippen molar-refractivity contribution in [3.8, 4) is 5.69 Å². The molecule has 2 aliphatic rings. The van der Waals surface area contributed by atoms with Crippen LogP contribution in [-0.4, -0.2) is 40.0 Å². The highest BCUT2D eigenvalue weighted by molar-refractivity contribution is 5.80. The number of nitrogens with one attached hydrogen (secondary N) is 1. The Morgan fingerprint density at radius 1 is 1.21 bits per heavy atom. The van der Waals surface area contributed by atoms with Crippen LogP contribution in [0.2, 0.25) is 0 Å². The number of unbranched alkanes of at least 4 members (excludes halogenated alkanes) is 2. The summed E-state index contributed by atoms with van der Waals surface area (Å²) in [6, 6.07) is 9.73. The highest BCUT2D eigenvalue weighted by atomic mass is 16.2. The Kier molecular flexibility index (Phi) is 5.57. The molecule has 1 saturated heterocycles. The van der Waals surface area contributed by atoms with Gasteiger partial charge >= 0.3 is 0 Å². The van der Waals surface area contributed by atoms with Crippen molar-refractivity contribution in [1.82, 2.24) is 19.8 Å². The van der Waals surface area contributed by atoms with Gasteiger partial charge < -0.3 is 10.2 Å². The molecule has 6 heteroatoms. The van der Waals surface area contributed by atoms with Crippen LogP contribution >= 0.6 is 0 Å². The second-order valence-electron chi connectivity index (χ2n) is 7.75. The van der Waals surface area contributed by atoms with Crippen molar-refractivity contribution in [2.24, 2.45) is 5.92 Å². The number of carbonyl (C=O) groups excluding carboxylic acids is 1. The summed E-state index contributed by atoms with van der Waals surface area (Å²) in [5.74, 6) is 1.05. The number of hydrogen-bond donors (Lipinski definition) is 1. The van der Waals surface area contributed by atoms with Crippen molar-refractivity contribution >= 4 is 5.91 Å². The summed E-state index contributed by atoms with van der Waals surface area (Å²) in [4.78, 5) is 32.9. The van der Waals surface area contributed by atoms with E-state index in [1.54, 1.807) is 4.57 Å². The molecule has 148 valence electrons. The lowest BCUT2D eigenvalue weighted by Gasteiger charge is -2.35. The number of hydrogen-bond acceptors (Lipinski definition) is 4. The van der Waals surface area contributed by atoms with Crippen LogP contribution in [0.5, 0.6) is 0 Å². The first-order chi connectivity index (χ1) is 13.7. The van der Waals surface area contributed by atoms with Gasteiger partial charge in [0, 0.05) is 32.5 Å². The Morgan fingerprint density at radius 3 is 2.68 bits per heavy atom. The van der Waals surface area contributed by atoms with Crippen molar-refractivity contribution < 1.29 is 4.79 Å². The van der Waals surface area contributed by atoms with E-state index in [0.29, 0.717) is 25.1 Å². The van der Waals surface area contributed by atoms with E-state index in [0.717, 1.165) is 56.0 Å². The molecular formula is C22H28N4O2. The van der Waals surface area contributed by atoms with Crippen molar-refractivity contribution in [2.45, 2.75) is 45.6 Å². The number of amides is 1. The lowest BCUT2D eigenvalue weighted by molar-refractivity contribution is -0.138. The van der Waals surface area contributed by atoms with E-state index in [1.165, 1.54) is 0 Å². The Bertz CT molecular complexity index is 903. The van der Waals surface area contributed by atoms with Crippen LogP contribution in [-0.2, 0) is 24.2 Å². The zero-order valence-electron chi connectivity index (χ0n) is 16.5. The van der Waals surface area contributed by atoms with Gasteiger partial charge in [-0.15, -0.1) is 0 Å². The molecular weight excluding hydrogens is 352 g/mol. The van der Waals surface area contributed by atoms with Gasteiger partial charge in [0.25, 0.3) is 5.56 Å². The van der Waals surface area contributed by atoms with Gasteiger partial charge in [0.2, 0.25) is 5.91 Å². The van der Waals surface area contributed by atoms with E-state index in [-0.39, 0.29) is 17.4 Å². The number of carbonyl (C=O) groups is 1. The van der Waals surface area contributed by atoms with Gasteiger partial charge in [-0.1, -0.05) is 38.0 Å². The summed E-state index contributed by atoms with van der Waals surface area (Å²) in [7, 11) is 0. The minimum Gasteiger partial charge on any atom is -0.337 e. The van der Waals surface area contributed by atoms with Crippen molar-refractivity contribution in [2.75, 3.05) is 19.6 Å². The molecule has 3 heterocycles. The van der Waals surface area contributed by atoms with Crippen LogP contribution in [0.3, 0.4) is 0 Å². The number of para-hydroxylation sites is 1. The molecule has 0 saturated carbocycles. The first-order valence-electron chi connectivity index (χ1n) is 10.4. The third-order valence-electron chi connectivity index (χ3n) is 5.76. The minimum atomic E-state index is -0.0214. The molecule has 1 N–H and O–H groups in total. The number of rotatable bonds is 6. The summed E-state index contributed by atoms with van der Waals surface area (Å²) in [5, 5.41) is 3.15. The molecule has 1 amide bonds. The fraction of sp³-hybridized carbons (Fsp3) is 0.500. The molecule has 1 aromatic heterocycles. The van der Waals surface area contributed by atoms with E-state index in [4.69, 9.17) is 4.98 Å². The van der Waals surface area contributed by atoms with Gasteiger partial charge in [-0.25, -0.2) is 4.98 Å². The maximum Gasteiger partial charge on any atom is 0.263 e. The molecule has 1 fully saturated rings. The topological polar surface area (TPSA) is 67.2 Å². The second-order valence-corrected chi connectivity index (χ2v) is 7.75. The average Bonchev–Trinajstić information content (AvgIpc) is 2.67. The van der Waals surface area contributed by atoms with Crippen LogP contribution in [0.1, 0.15) is 43.3 Å². The average molecular weight is 380 g/mol. The molecule has 2 aliphatic heterocycles. The monoisotopic (exact) mass is 380 g/mol. The molecule has 0 spiro atoms. The molecule has 2 aromatic rings. The fourth-order valence-corrected chi connectivity index (χ4v) is 3.98. The van der Waals surface area contributed by atoms with E-state index in [1.807, 2.05) is 35.2 Å². The third-order valence-corrected chi connectivity index (χ3v) is 5.76. The molecule has 0 unspecified atom stereocenters. The Balaban J connectivity index is 1.70. The zero-order chi connectivity index (χ0) is 19.5. The highest BCUT2D eigenvalue weighted by Crippen LogP contribution is 2.20. The van der Waals surface area contributed by atoms with Crippen LogP contribution in [0.15, 0.2) is 35.1 Å². The molecule has 4 rings (SSSR count). The van der Waals surface area contributed by atoms with Crippen molar-refractivity contribution in [3.63, 3.8) is 0 Å². The van der Waals surface area contributed by atoms with Crippen molar-refractivity contribution in [3.05, 3.63) is 57.8 Å². The summed E-state index contributed by atoms with van der Waals surface area (Å²) < 4.78 is 1.76. The predicted molar refractivity (Wildman–Crippen MR) is 109 cm³/mol. The van der Waals surface area contributed by atoms with Gasteiger partial charge in [-0.2, -0.15) is 0 Å². The van der Waals surface area contributed by atoms with Gasteiger partial charge in [-0.05, 0) is 18.6 Å². The van der Waals surface area contributed by atoms with Gasteiger partial charge in [0.05, 0.1) is 29.4 Å². The molecule has 28 heavy (non-hydrogen) atoms. The first kappa shape index (κ1) is 18.9. The highest BCUT2D eigenvalue weighted by Gasteiger charge is 2.33. The quantitative estimate of drug-likeness (QED) is 0.779. The number of benzene rings is 1. The van der Waals surface area contributed by atoms with Crippen molar-refractivity contribution in [1.29, 1.82) is 0 Å². The first-order valence-corrected chi connectivity index (χ1v) is 10.4. The minimum absolute atomic E-state index is 0.0214. The smallest absolute Gasteiger partial charge is 0.263 e. The van der Waals surface area contributed by atoms with E-state index >= 15 is 0 Å².